The van der Waals surface area contributed by atoms with Gasteiger partial charge < -0.3 is 19.1 Å². The van der Waals surface area contributed by atoms with Crippen molar-refractivity contribution >= 4 is 19.5 Å². The fraction of sp³-hybridized carbons (Fsp3) is 0.375. The van der Waals surface area contributed by atoms with E-state index in [1.807, 2.05) is 0 Å². The maximum atomic E-state index is 12.2. The summed E-state index contributed by atoms with van der Waals surface area (Å²) < 4.78 is 26.4. The molecule has 0 aromatic heterocycles. The number of methoxy groups -OCH3 is 1. The maximum absolute atomic E-state index is 12.2. The van der Waals surface area contributed by atoms with Crippen molar-refractivity contribution in [2.75, 3.05) is 21.3 Å². The molecule has 0 fully saturated rings. The van der Waals surface area contributed by atoms with E-state index in [0.29, 0.717) is 11.1 Å². The summed E-state index contributed by atoms with van der Waals surface area (Å²) in [6, 6.07) is 5.45. The van der Waals surface area contributed by atoms with Crippen LogP contribution in [0.1, 0.15) is 22.3 Å². The van der Waals surface area contributed by atoms with Crippen LogP contribution >= 0.6 is 7.60 Å². The summed E-state index contributed by atoms with van der Waals surface area (Å²) >= 11 is 0. The molecule has 0 radical (unpaired) electrons. The molecular weight excluding hydrogens is 333 g/mol. The molecule has 0 aliphatic heterocycles. The number of hydrogen-bond acceptors (Lipinski definition) is 6. The van der Waals surface area contributed by atoms with E-state index in [0.717, 1.165) is 0 Å². The Labute approximate surface area is 141 Å². The molecule has 0 saturated heterocycles. The number of benzene rings is 1. The van der Waals surface area contributed by atoms with Crippen molar-refractivity contribution in [3.05, 3.63) is 35.4 Å². The van der Waals surface area contributed by atoms with Gasteiger partial charge in [0.1, 0.15) is 6.04 Å². The summed E-state index contributed by atoms with van der Waals surface area (Å²) in [5.74, 6) is 1.24. The van der Waals surface area contributed by atoms with Gasteiger partial charge in [0.15, 0.2) is 0 Å². The predicted octanol–water partition coefficient (Wildman–Crippen LogP) is 1.97. The van der Waals surface area contributed by atoms with E-state index in [-0.39, 0.29) is 12.6 Å². The largest absolute Gasteiger partial charge is 0.467 e. The standard InChI is InChI=1S/C16H20NO6P/c1-5-6-14(16(19)21-2)17-15(18)13-9-7-12(8-10-13)11-24(20,22-3)23-4/h1,7-10,14H,6,11H2,2-4H3,(H,17,18)/t14-/m0/s1. The molecule has 1 atom stereocenters. The van der Waals surface area contributed by atoms with Crippen LogP contribution in [0, 0.1) is 12.3 Å². The molecule has 8 heteroatoms. The molecular formula is C16H20NO6P. The molecule has 0 aliphatic carbocycles. The van der Waals surface area contributed by atoms with E-state index in [2.05, 4.69) is 16.0 Å². The van der Waals surface area contributed by atoms with E-state index in [4.69, 9.17) is 15.5 Å². The third-order valence-electron chi connectivity index (χ3n) is 3.26. The fourth-order valence-electron chi connectivity index (χ4n) is 1.88. The van der Waals surface area contributed by atoms with E-state index in [9.17, 15) is 14.2 Å². The normalized spacial score (nSPS) is 12.1. The van der Waals surface area contributed by atoms with Gasteiger partial charge >= 0.3 is 13.6 Å². The highest BCUT2D eigenvalue weighted by Crippen LogP contribution is 2.49. The summed E-state index contributed by atoms with van der Waals surface area (Å²) in [4.78, 5) is 23.7. The number of nitrogens with one attached hydrogen (secondary N) is 1. The van der Waals surface area contributed by atoms with E-state index in [1.54, 1.807) is 24.3 Å². The molecule has 1 aromatic carbocycles. The van der Waals surface area contributed by atoms with Gasteiger partial charge in [-0.2, -0.15) is 0 Å². The zero-order valence-electron chi connectivity index (χ0n) is 13.8. The average Bonchev–Trinajstić information content (AvgIpc) is 2.61. The third-order valence-corrected chi connectivity index (χ3v) is 5.13. The van der Waals surface area contributed by atoms with Gasteiger partial charge in [0.05, 0.1) is 13.3 Å². The topological polar surface area (TPSA) is 90.9 Å². The Morgan fingerprint density at radius 1 is 1.21 bits per heavy atom. The molecule has 1 N–H and O–H groups in total. The van der Waals surface area contributed by atoms with Crippen LogP contribution in [0.15, 0.2) is 24.3 Å². The molecule has 0 aliphatic rings. The van der Waals surface area contributed by atoms with Crippen LogP contribution < -0.4 is 5.32 Å². The molecule has 24 heavy (non-hydrogen) atoms. The summed E-state index contributed by atoms with van der Waals surface area (Å²) in [5, 5.41) is 2.51. The van der Waals surface area contributed by atoms with E-state index < -0.39 is 25.5 Å². The first-order valence-corrected chi connectivity index (χ1v) is 8.73. The lowest BCUT2D eigenvalue weighted by molar-refractivity contribution is -0.142. The minimum absolute atomic E-state index is 0.0291. The lowest BCUT2D eigenvalue weighted by atomic mass is 10.1. The smallest absolute Gasteiger partial charge is 0.334 e. The number of terminal acetylenes is 1. The molecule has 0 spiro atoms. The number of amides is 1. The summed E-state index contributed by atoms with van der Waals surface area (Å²) in [5.41, 5.74) is 1.01. The summed E-state index contributed by atoms with van der Waals surface area (Å²) in [6.07, 6.45) is 5.30. The van der Waals surface area contributed by atoms with Crippen molar-refractivity contribution < 1.29 is 27.9 Å². The summed E-state index contributed by atoms with van der Waals surface area (Å²) in [6.45, 7) is 0. The highest BCUT2D eigenvalue weighted by atomic mass is 31.2. The van der Waals surface area contributed by atoms with Crippen LogP contribution in [0.5, 0.6) is 0 Å². The van der Waals surface area contributed by atoms with Gasteiger partial charge in [-0.3, -0.25) is 9.36 Å². The average molecular weight is 353 g/mol. The quantitative estimate of drug-likeness (QED) is 0.436. The predicted molar refractivity (Wildman–Crippen MR) is 88.5 cm³/mol. The Hall–Kier alpha value is -2.13. The van der Waals surface area contributed by atoms with Gasteiger partial charge in [0.2, 0.25) is 0 Å². The number of rotatable bonds is 8. The van der Waals surface area contributed by atoms with E-state index in [1.165, 1.54) is 21.3 Å². The van der Waals surface area contributed by atoms with E-state index >= 15 is 0 Å². The van der Waals surface area contributed by atoms with Crippen LogP contribution in [0.4, 0.5) is 0 Å². The third kappa shape index (κ3) is 5.50. The van der Waals surface area contributed by atoms with Gasteiger partial charge in [-0.05, 0) is 17.7 Å². The van der Waals surface area contributed by atoms with Crippen molar-refractivity contribution in [2.24, 2.45) is 0 Å². The zero-order valence-corrected chi connectivity index (χ0v) is 14.7. The minimum Gasteiger partial charge on any atom is -0.467 e. The molecule has 7 nitrogen and oxygen atoms in total. The highest BCUT2D eigenvalue weighted by Gasteiger charge is 2.23. The minimum atomic E-state index is -3.17. The first kappa shape index (κ1) is 19.9. The van der Waals surface area contributed by atoms with Crippen molar-refractivity contribution in [3.63, 3.8) is 0 Å². The lowest BCUT2D eigenvalue weighted by Gasteiger charge is -2.15. The number of carbonyl (C=O) groups excluding carboxylic acids is 2. The zero-order chi connectivity index (χ0) is 18.2. The van der Waals surface area contributed by atoms with Crippen molar-refractivity contribution in [1.29, 1.82) is 0 Å². The van der Waals surface area contributed by atoms with Gasteiger partial charge in [-0.15, -0.1) is 12.3 Å². The van der Waals surface area contributed by atoms with Crippen LogP contribution in [0.25, 0.3) is 0 Å². The Morgan fingerprint density at radius 2 is 1.79 bits per heavy atom. The van der Waals surface area contributed by atoms with Gasteiger partial charge in [-0.1, -0.05) is 12.1 Å². The SMILES string of the molecule is C#CC[C@H](NC(=O)c1ccc(CP(=O)(OC)OC)cc1)C(=O)OC. The first-order valence-electron chi connectivity index (χ1n) is 7.00. The van der Waals surface area contributed by atoms with Crippen LogP contribution in [-0.4, -0.2) is 39.2 Å². The Morgan fingerprint density at radius 3 is 2.25 bits per heavy atom. The Bertz CT molecular complexity index is 656. The van der Waals surface area contributed by atoms with Crippen molar-refractivity contribution in [2.45, 2.75) is 18.6 Å². The number of esters is 1. The van der Waals surface area contributed by atoms with Gasteiger partial charge in [0.25, 0.3) is 5.91 Å². The lowest BCUT2D eigenvalue weighted by Crippen LogP contribution is -2.41. The molecule has 0 heterocycles. The first-order chi connectivity index (χ1) is 11.4. The molecule has 1 aromatic rings. The molecule has 0 unspecified atom stereocenters. The highest BCUT2D eigenvalue weighted by molar-refractivity contribution is 7.52. The monoisotopic (exact) mass is 353 g/mol. The van der Waals surface area contributed by atoms with Gasteiger partial charge in [0, 0.05) is 26.2 Å². The molecule has 1 rings (SSSR count). The number of ether oxygens (including phenoxy) is 1. The van der Waals surface area contributed by atoms with Crippen molar-refractivity contribution in [1.82, 2.24) is 5.32 Å². The second-order valence-electron chi connectivity index (χ2n) is 4.79. The molecule has 0 bridgehead atoms. The van der Waals surface area contributed by atoms with Crippen LogP contribution in [0.2, 0.25) is 0 Å². The molecule has 1 amide bonds. The summed E-state index contributed by atoms with van der Waals surface area (Å²) in [7, 11) is 0.664. The molecule has 0 saturated carbocycles. The number of hydrogen-bond donors (Lipinski definition) is 1. The molecule has 130 valence electrons. The fourth-order valence-corrected chi connectivity index (χ4v) is 2.95. The Balaban J connectivity index is 2.81. The maximum Gasteiger partial charge on any atom is 0.334 e. The Kier molecular flexibility index (Phi) is 7.66. The second-order valence-corrected chi connectivity index (χ2v) is 7.06. The second kappa shape index (κ2) is 9.24. The van der Waals surface area contributed by atoms with Crippen LogP contribution in [-0.2, 0) is 29.3 Å². The van der Waals surface area contributed by atoms with Crippen LogP contribution in [0.3, 0.4) is 0 Å². The van der Waals surface area contributed by atoms with Crippen molar-refractivity contribution in [3.8, 4) is 12.3 Å². The number of carbonyl (C=O) groups is 2. The van der Waals surface area contributed by atoms with Gasteiger partial charge in [-0.25, -0.2) is 4.79 Å².